The van der Waals surface area contributed by atoms with E-state index in [9.17, 15) is 8.78 Å². The van der Waals surface area contributed by atoms with Crippen LogP contribution in [0.5, 0.6) is 0 Å². The number of hydrogen-bond acceptors (Lipinski definition) is 3. The van der Waals surface area contributed by atoms with Crippen LogP contribution in [0.1, 0.15) is 18.5 Å². The summed E-state index contributed by atoms with van der Waals surface area (Å²) in [6, 6.07) is 4.03. The highest BCUT2D eigenvalue weighted by atomic mass is 19.2. The van der Waals surface area contributed by atoms with Crippen molar-refractivity contribution in [2.75, 3.05) is 33.2 Å². The van der Waals surface area contributed by atoms with Crippen LogP contribution in [0.3, 0.4) is 0 Å². The van der Waals surface area contributed by atoms with Crippen molar-refractivity contribution >= 4 is 0 Å². The maximum absolute atomic E-state index is 13.2. The van der Waals surface area contributed by atoms with Gasteiger partial charge in [0.1, 0.15) is 0 Å². The van der Waals surface area contributed by atoms with Crippen LogP contribution in [-0.2, 0) is 0 Å². The van der Waals surface area contributed by atoms with Crippen LogP contribution in [0, 0.1) is 11.6 Å². The predicted molar refractivity (Wildman–Crippen MR) is 71.8 cm³/mol. The standard InChI is InChI=1S/C14H21F2N3/c1-10-8-18(2)5-6-19(10)9-14(17)11-3-4-12(15)13(16)7-11/h3-4,7,10,14H,5-6,8-9,17H2,1-2H3. The van der Waals surface area contributed by atoms with Crippen LogP contribution >= 0.6 is 0 Å². The molecule has 0 amide bonds. The second-order valence-corrected chi connectivity index (χ2v) is 5.39. The Morgan fingerprint density at radius 3 is 2.68 bits per heavy atom. The molecule has 2 unspecified atom stereocenters. The van der Waals surface area contributed by atoms with Gasteiger partial charge in [-0.25, -0.2) is 8.78 Å². The van der Waals surface area contributed by atoms with Crippen molar-refractivity contribution in [1.82, 2.24) is 9.80 Å². The molecule has 0 radical (unpaired) electrons. The van der Waals surface area contributed by atoms with Gasteiger partial charge in [0.2, 0.25) is 0 Å². The van der Waals surface area contributed by atoms with Crippen LogP contribution in [0.2, 0.25) is 0 Å². The third kappa shape index (κ3) is 3.49. The zero-order chi connectivity index (χ0) is 14.0. The minimum Gasteiger partial charge on any atom is -0.323 e. The molecular weight excluding hydrogens is 248 g/mol. The first-order valence-electron chi connectivity index (χ1n) is 6.60. The first-order valence-corrected chi connectivity index (χ1v) is 6.60. The van der Waals surface area contributed by atoms with Crippen LogP contribution in [0.15, 0.2) is 18.2 Å². The van der Waals surface area contributed by atoms with Gasteiger partial charge in [-0.2, -0.15) is 0 Å². The van der Waals surface area contributed by atoms with E-state index < -0.39 is 11.6 Å². The molecule has 0 spiro atoms. The van der Waals surface area contributed by atoms with Crippen LogP contribution < -0.4 is 5.73 Å². The molecular formula is C14H21F2N3. The van der Waals surface area contributed by atoms with Crippen molar-refractivity contribution in [1.29, 1.82) is 0 Å². The molecule has 1 fully saturated rings. The molecule has 2 atom stereocenters. The molecule has 2 rings (SSSR count). The molecule has 2 N–H and O–H groups in total. The van der Waals surface area contributed by atoms with Gasteiger partial charge in [-0.1, -0.05) is 6.07 Å². The predicted octanol–water partition coefficient (Wildman–Crippen LogP) is 1.60. The largest absolute Gasteiger partial charge is 0.323 e. The summed E-state index contributed by atoms with van der Waals surface area (Å²) in [5, 5.41) is 0. The van der Waals surface area contributed by atoms with Crippen molar-refractivity contribution < 1.29 is 8.78 Å². The summed E-state index contributed by atoms with van der Waals surface area (Å²) >= 11 is 0. The molecule has 1 heterocycles. The lowest BCUT2D eigenvalue weighted by atomic mass is 10.1. The monoisotopic (exact) mass is 269 g/mol. The van der Waals surface area contributed by atoms with Gasteiger partial charge in [-0.05, 0) is 31.7 Å². The lowest BCUT2D eigenvalue weighted by Crippen LogP contribution is -2.52. The number of nitrogens with two attached hydrogens (primary N) is 1. The van der Waals surface area contributed by atoms with Gasteiger partial charge in [0.25, 0.3) is 0 Å². The van der Waals surface area contributed by atoms with E-state index >= 15 is 0 Å². The SMILES string of the molecule is CC1CN(C)CCN1CC(N)c1ccc(F)c(F)c1. The number of halogens is 2. The number of hydrogen-bond donors (Lipinski definition) is 1. The Morgan fingerprint density at radius 2 is 2.05 bits per heavy atom. The second kappa shape index (κ2) is 5.94. The van der Waals surface area contributed by atoms with Crippen LogP contribution in [0.4, 0.5) is 8.78 Å². The fourth-order valence-corrected chi connectivity index (χ4v) is 2.55. The van der Waals surface area contributed by atoms with Crippen molar-refractivity contribution in [2.24, 2.45) is 5.73 Å². The molecule has 1 aliphatic rings. The zero-order valence-electron chi connectivity index (χ0n) is 11.4. The summed E-state index contributed by atoms with van der Waals surface area (Å²) in [5.74, 6) is -1.66. The third-order valence-corrected chi connectivity index (χ3v) is 3.77. The summed E-state index contributed by atoms with van der Waals surface area (Å²) in [5.41, 5.74) is 6.74. The van der Waals surface area contributed by atoms with E-state index in [1.54, 1.807) is 6.07 Å². The zero-order valence-corrected chi connectivity index (χ0v) is 11.4. The van der Waals surface area contributed by atoms with E-state index in [2.05, 4.69) is 23.8 Å². The molecule has 106 valence electrons. The minimum atomic E-state index is -0.834. The number of benzene rings is 1. The van der Waals surface area contributed by atoms with E-state index in [-0.39, 0.29) is 6.04 Å². The van der Waals surface area contributed by atoms with E-state index in [1.807, 2.05) is 0 Å². The number of nitrogens with zero attached hydrogens (tertiary/aromatic N) is 2. The van der Waals surface area contributed by atoms with E-state index in [4.69, 9.17) is 5.73 Å². The Morgan fingerprint density at radius 1 is 1.32 bits per heavy atom. The molecule has 1 aromatic rings. The molecule has 1 aliphatic heterocycles. The average molecular weight is 269 g/mol. The first-order chi connectivity index (χ1) is 8.97. The Hall–Kier alpha value is -1.04. The average Bonchev–Trinajstić information content (AvgIpc) is 2.36. The van der Waals surface area contributed by atoms with Crippen LogP contribution in [-0.4, -0.2) is 49.1 Å². The highest BCUT2D eigenvalue weighted by molar-refractivity contribution is 5.21. The Kier molecular flexibility index (Phi) is 4.50. The fourth-order valence-electron chi connectivity index (χ4n) is 2.55. The van der Waals surface area contributed by atoms with Gasteiger partial charge in [0.15, 0.2) is 11.6 Å². The number of rotatable bonds is 3. The van der Waals surface area contributed by atoms with E-state index in [0.29, 0.717) is 18.2 Å². The van der Waals surface area contributed by atoms with Crippen molar-refractivity contribution in [3.63, 3.8) is 0 Å². The normalized spacial score (nSPS) is 23.5. The maximum atomic E-state index is 13.2. The lowest BCUT2D eigenvalue weighted by molar-refractivity contribution is 0.0945. The molecule has 1 saturated heterocycles. The molecule has 0 saturated carbocycles. The molecule has 3 nitrogen and oxygen atoms in total. The Balaban J connectivity index is 2.00. The molecule has 5 heteroatoms. The summed E-state index contributed by atoms with van der Waals surface area (Å²) in [7, 11) is 2.10. The number of likely N-dealkylation sites (N-methyl/N-ethyl adjacent to an activating group) is 1. The lowest BCUT2D eigenvalue weighted by Gasteiger charge is -2.39. The highest BCUT2D eigenvalue weighted by Gasteiger charge is 2.23. The van der Waals surface area contributed by atoms with Crippen molar-refractivity contribution in [3.05, 3.63) is 35.4 Å². The smallest absolute Gasteiger partial charge is 0.159 e. The van der Waals surface area contributed by atoms with Crippen molar-refractivity contribution in [2.45, 2.75) is 19.0 Å². The van der Waals surface area contributed by atoms with Gasteiger partial charge >= 0.3 is 0 Å². The van der Waals surface area contributed by atoms with Gasteiger partial charge in [-0.3, -0.25) is 4.90 Å². The van der Waals surface area contributed by atoms with Crippen LogP contribution in [0.25, 0.3) is 0 Å². The van der Waals surface area contributed by atoms with Gasteiger partial charge < -0.3 is 10.6 Å². The summed E-state index contributed by atoms with van der Waals surface area (Å²) in [6.07, 6.45) is 0. The molecule has 0 bridgehead atoms. The first kappa shape index (κ1) is 14.4. The minimum absolute atomic E-state index is 0.291. The summed E-state index contributed by atoms with van der Waals surface area (Å²) < 4.78 is 26.1. The summed E-state index contributed by atoms with van der Waals surface area (Å²) in [4.78, 5) is 4.58. The third-order valence-electron chi connectivity index (χ3n) is 3.77. The van der Waals surface area contributed by atoms with Gasteiger partial charge in [0, 0.05) is 38.3 Å². The number of piperazine rings is 1. The molecule has 0 aliphatic carbocycles. The quantitative estimate of drug-likeness (QED) is 0.904. The fraction of sp³-hybridized carbons (Fsp3) is 0.571. The van der Waals surface area contributed by atoms with Crippen molar-refractivity contribution in [3.8, 4) is 0 Å². The topological polar surface area (TPSA) is 32.5 Å². The Bertz CT molecular complexity index is 439. The van der Waals surface area contributed by atoms with Gasteiger partial charge in [0.05, 0.1) is 0 Å². The molecule has 0 aromatic heterocycles. The molecule has 19 heavy (non-hydrogen) atoms. The molecule has 1 aromatic carbocycles. The summed E-state index contributed by atoms with van der Waals surface area (Å²) in [6.45, 7) is 5.79. The van der Waals surface area contributed by atoms with E-state index in [1.165, 1.54) is 6.07 Å². The van der Waals surface area contributed by atoms with E-state index in [0.717, 1.165) is 25.7 Å². The maximum Gasteiger partial charge on any atom is 0.159 e. The highest BCUT2D eigenvalue weighted by Crippen LogP contribution is 2.18. The second-order valence-electron chi connectivity index (χ2n) is 5.39. The van der Waals surface area contributed by atoms with Gasteiger partial charge in [-0.15, -0.1) is 0 Å². The Labute approximate surface area is 113 Å².